The first-order valence-electron chi connectivity index (χ1n) is 9.40. The lowest BCUT2D eigenvalue weighted by Crippen LogP contribution is -2.50. The van der Waals surface area contributed by atoms with E-state index in [1.54, 1.807) is 17.0 Å². The monoisotopic (exact) mass is 390 g/mol. The SMILES string of the molecule is O=C(C1=Cc2cc(Cl)ccc2OC1)N1CCCC(C(=O)N2CCOCC2)C1. The molecule has 3 heterocycles. The van der Waals surface area contributed by atoms with E-state index < -0.39 is 0 Å². The van der Waals surface area contributed by atoms with Crippen LogP contribution in [0.5, 0.6) is 5.75 Å². The lowest BCUT2D eigenvalue weighted by atomic mass is 9.95. The zero-order valence-electron chi connectivity index (χ0n) is 15.2. The number of benzene rings is 1. The molecule has 6 nitrogen and oxygen atoms in total. The van der Waals surface area contributed by atoms with Crippen molar-refractivity contribution in [3.63, 3.8) is 0 Å². The second-order valence-electron chi connectivity index (χ2n) is 7.17. The van der Waals surface area contributed by atoms with E-state index in [1.165, 1.54) is 0 Å². The van der Waals surface area contributed by atoms with Crippen molar-refractivity contribution in [2.75, 3.05) is 46.0 Å². The van der Waals surface area contributed by atoms with Crippen LogP contribution in [0.2, 0.25) is 5.02 Å². The van der Waals surface area contributed by atoms with Crippen LogP contribution in [0.15, 0.2) is 23.8 Å². The largest absolute Gasteiger partial charge is 0.488 e. The zero-order chi connectivity index (χ0) is 18.8. The van der Waals surface area contributed by atoms with Crippen LogP contribution >= 0.6 is 11.6 Å². The second-order valence-corrected chi connectivity index (χ2v) is 7.60. The van der Waals surface area contributed by atoms with E-state index >= 15 is 0 Å². The van der Waals surface area contributed by atoms with E-state index in [0.29, 0.717) is 50.0 Å². The lowest BCUT2D eigenvalue weighted by molar-refractivity contribution is -0.143. The number of carbonyl (C=O) groups is 2. The van der Waals surface area contributed by atoms with Crippen molar-refractivity contribution >= 4 is 29.5 Å². The highest BCUT2D eigenvalue weighted by molar-refractivity contribution is 6.30. The van der Waals surface area contributed by atoms with Gasteiger partial charge in [-0.05, 0) is 37.1 Å². The Hall–Kier alpha value is -2.05. The van der Waals surface area contributed by atoms with Crippen molar-refractivity contribution in [3.8, 4) is 5.75 Å². The Balaban J connectivity index is 1.45. The number of likely N-dealkylation sites (tertiary alicyclic amines) is 1. The first-order valence-corrected chi connectivity index (χ1v) is 9.78. The molecule has 2 saturated heterocycles. The van der Waals surface area contributed by atoms with Gasteiger partial charge >= 0.3 is 0 Å². The van der Waals surface area contributed by atoms with Gasteiger partial charge in [-0.3, -0.25) is 9.59 Å². The average Bonchev–Trinajstić information content (AvgIpc) is 2.73. The zero-order valence-corrected chi connectivity index (χ0v) is 15.9. The minimum absolute atomic E-state index is 0.0555. The van der Waals surface area contributed by atoms with E-state index in [-0.39, 0.29) is 24.3 Å². The summed E-state index contributed by atoms with van der Waals surface area (Å²) in [5.74, 6) is 0.685. The molecule has 0 aromatic heterocycles. The first kappa shape index (κ1) is 18.3. The highest BCUT2D eigenvalue weighted by atomic mass is 35.5. The molecule has 0 spiro atoms. The third-order valence-corrected chi connectivity index (χ3v) is 5.58. The summed E-state index contributed by atoms with van der Waals surface area (Å²) in [4.78, 5) is 29.4. The molecule has 7 heteroatoms. The van der Waals surface area contributed by atoms with Crippen LogP contribution in [0.4, 0.5) is 0 Å². The Morgan fingerprint density at radius 1 is 1.11 bits per heavy atom. The minimum atomic E-state index is -0.132. The van der Waals surface area contributed by atoms with Crippen LogP contribution in [0.1, 0.15) is 18.4 Å². The summed E-state index contributed by atoms with van der Waals surface area (Å²) >= 11 is 6.05. The number of ether oxygens (including phenoxy) is 2. The van der Waals surface area contributed by atoms with E-state index in [9.17, 15) is 9.59 Å². The molecule has 4 rings (SSSR count). The predicted molar refractivity (Wildman–Crippen MR) is 102 cm³/mol. The van der Waals surface area contributed by atoms with E-state index in [0.717, 1.165) is 24.2 Å². The number of carbonyl (C=O) groups excluding carboxylic acids is 2. The predicted octanol–water partition coefficient (Wildman–Crippen LogP) is 2.21. The molecule has 144 valence electrons. The van der Waals surface area contributed by atoms with Gasteiger partial charge in [0.25, 0.3) is 5.91 Å². The maximum absolute atomic E-state index is 13.0. The number of morpholine rings is 1. The van der Waals surface area contributed by atoms with Crippen molar-refractivity contribution in [2.45, 2.75) is 12.8 Å². The molecule has 0 saturated carbocycles. The topological polar surface area (TPSA) is 59.1 Å². The number of fused-ring (bicyclic) bond motifs is 1. The van der Waals surface area contributed by atoms with Crippen LogP contribution in [0, 0.1) is 5.92 Å². The summed E-state index contributed by atoms with van der Waals surface area (Å²) in [5, 5.41) is 0.608. The Bertz CT molecular complexity index is 773. The maximum Gasteiger partial charge on any atom is 0.253 e. The number of halogens is 1. The van der Waals surface area contributed by atoms with Crippen LogP contribution in [-0.2, 0) is 14.3 Å². The standard InChI is InChI=1S/C20H23ClN2O4/c21-17-3-4-18-15(11-17)10-16(13-27-18)20(25)23-5-1-2-14(12-23)19(24)22-6-8-26-9-7-22/h3-4,10-11,14H,1-2,5-9,12-13H2. The molecule has 3 aliphatic rings. The van der Waals surface area contributed by atoms with Crippen LogP contribution in [0.25, 0.3) is 6.08 Å². The molecule has 0 bridgehead atoms. The molecule has 0 N–H and O–H groups in total. The Kier molecular flexibility index (Phi) is 5.36. The van der Waals surface area contributed by atoms with Gasteiger partial charge in [-0.15, -0.1) is 0 Å². The molecule has 27 heavy (non-hydrogen) atoms. The van der Waals surface area contributed by atoms with Crippen molar-refractivity contribution in [1.29, 1.82) is 0 Å². The molecule has 1 atom stereocenters. The molecular formula is C20H23ClN2O4. The summed E-state index contributed by atoms with van der Waals surface area (Å²) in [7, 11) is 0. The third kappa shape index (κ3) is 3.96. The van der Waals surface area contributed by atoms with Gasteiger partial charge in [0, 0.05) is 36.8 Å². The quantitative estimate of drug-likeness (QED) is 0.776. The second kappa shape index (κ2) is 7.90. The Labute approximate surface area is 163 Å². The number of hydrogen-bond donors (Lipinski definition) is 0. The summed E-state index contributed by atoms with van der Waals surface area (Å²) in [6, 6.07) is 5.38. The van der Waals surface area contributed by atoms with Crippen LogP contribution in [-0.4, -0.2) is 67.6 Å². The molecule has 2 amide bonds. The van der Waals surface area contributed by atoms with Crippen molar-refractivity contribution in [2.24, 2.45) is 5.92 Å². The fraction of sp³-hybridized carbons (Fsp3) is 0.500. The number of piperidine rings is 1. The minimum Gasteiger partial charge on any atom is -0.488 e. The summed E-state index contributed by atoms with van der Waals surface area (Å²) in [5.41, 5.74) is 1.42. The fourth-order valence-corrected chi connectivity index (χ4v) is 4.06. The molecule has 1 aromatic rings. The normalized spacial score (nSPS) is 22.6. The molecular weight excluding hydrogens is 368 g/mol. The number of nitrogens with zero attached hydrogens (tertiary/aromatic N) is 2. The molecule has 2 fully saturated rings. The van der Waals surface area contributed by atoms with Gasteiger partial charge in [-0.2, -0.15) is 0 Å². The summed E-state index contributed by atoms with van der Waals surface area (Å²) in [6.45, 7) is 3.84. The first-order chi connectivity index (χ1) is 13.1. The van der Waals surface area contributed by atoms with E-state index in [1.807, 2.05) is 17.0 Å². The Morgan fingerprint density at radius 3 is 2.74 bits per heavy atom. The summed E-state index contributed by atoms with van der Waals surface area (Å²) in [6.07, 6.45) is 3.51. The highest BCUT2D eigenvalue weighted by Gasteiger charge is 2.33. The number of amides is 2. The van der Waals surface area contributed by atoms with Crippen LogP contribution in [0.3, 0.4) is 0 Å². The molecule has 1 aromatic carbocycles. The van der Waals surface area contributed by atoms with Crippen LogP contribution < -0.4 is 4.74 Å². The maximum atomic E-state index is 13.0. The average molecular weight is 391 g/mol. The van der Waals surface area contributed by atoms with Crippen molar-refractivity contribution in [1.82, 2.24) is 9.80 Å². The third-order valence-electron chi connectivity index (χ3n) is 5.34. The summed E-state index contributed by atoms with van der Waals surface area (Å²) < 4.78 is 11.0. The number of hydrogen-bond acceptors (Lipinski definition) is 4. The fourth-order valence-electron chi connectivity index (χ4n) is 3.88. The molecule has 1 unspecified atom stereocenters. The smallest absolute Gasteiger partial charge is 0.253 e. The van der Waals surface area contributed by atoms with Gasteiger partial charge in [-0.25, -0.2) is 0 Å². The molecule has 3 aliphatic heterocycles. The Morgan fingerprint density at radius 2 is 1.93 bits per heavy atom. The van der Waals surface area contributed by atoms with Crippen molar-refractivity contribution < 1.29 is 19.1 Å². The van der Waals surface area contributed by atoms with Gasteiger partial charge in [0.05, 0.1) is 24.7 Å². The van der Waals surface area contributed by atoms with Gasteiger partial charge < -0.3 is 19.3 Å². The van der Waals surface area contributed by atoms with Gasteiger partial charge in [0.1, 0.15) is 12.4 Å². The van der Waals surface area contributed by atoms with Crippen molar-refractivity contribution in [3.05, 3.63) is 34.4 Å². The van der Waals surface area contributed by atoms with E-state index in [4.69, 9.17) is 21.1 Å². The number of rotatable bonds is 2. The highest BCUT2D eigenvalue weighted by Crippen LogP contribution is 2.30. The molecule has 0 aliphatic carbocycles. The van der Waals surface area contributed by atoms with Gasteiger partial charge in [-0.1, -0.05) is 11.6 Å². The lowest BCUT2D eigenvalue weighted by Gasteiger charge is -2.36. The molecule has 0 radical (unpaired) electrons. The van der Waals surface area contributed by atoms with E-state index in [2.05, 4.69) is 0 Å². The van der Waals surface area contributed by atoms with Gasteiger partial charge in [0.15, 0.2) is 0 Å². The van der Waals surface area contributed by atoms with Gasteiger partial charge in [0.2, 0.25) is 5.91 Å².